The summed E-state index contributed by atoms with van der Waals surface area (Å²) in [6.45, 7) is 18.9. The summed E-state index contributed by atoms with van der Waals surface area (Å²) < 4.78 is 0. The molecule has 162 valence electrons. The maximum absolute atomic E-state index is 2.37. The molecule has 0 amide bonds. The molecule has 0 bridgehead atoms. The lowest BCUT2D eigenvalue weighted by molar-refractivity contribution is 0.212. The number of hydrogen-bond donors (Lipinski definition) is 0. The van der Waals surface area contributed by atoms with Gasteiger partial charge in [0.15, 0.2) is 0 Å². The van der Waals surface area contributed by atoms with Crippen molar-refractivity contribution in [1.29, 1.82) is 0 Å². The Labute approximate surface area is 173 Å². The van der Waals surface area contributed by atoms with E-state index >= 15 is 0 Å². The Hall–Kier alpha value is 0. The monoisotopic (exact) mass is 378 g/mol. The zero-order chi connectivity index (χ0) is 20.4. The Kier molecular flexibility index (Phi) is 12.3. The largest absolute Gasteiger partial charge is 0.0628 e. The zero-order valence-corrected chi connectivity index (χ0v) is 20.4. The molecule has 2 aliphatic rings. The van der Waals surface area contributed by atoms with Gasteiger partial charge < -0.3 is 0 Å². The first-order valence-electron chi connectivity index (χ1n) is 12.7. The molecule has 0 heterocycles. The zero-order valence-electron chi connectivity index (χ0n) is 20.4. The van der Waals surface area contributed by atoms with Gasteiger partial charge in [0.1, 0.15) is 0 Å². The first-order chi connectivity index (χ1) is 12.7. The summed E-state index contributed by atoms with van der Waals surface area (Å²) in [6.07, 6.45) is 16.4. The van der Waals surface area contributed by atoms with E-state index in [9.17, 15) is 0 Å². The summed E-state index contributed by atoms with van der Waals surface area (Å²) >= 11 is 0. The second-order valence-corrected chi connectivity index (χ2v) is 12.0. The minimum atomic E-state index is 0.901. The van der Waals surface area contributed by atoms with E-state index in [0.717, 1.165) is 47.3 Å². The molecule has 0 N–H and O–H groups in total. The van der Waals surface area contributed by atoms with Gasteiger partial charge >= 0.3 is 0 Å². The summed E-state index contributed by atoms with van der Waals surface area (Å²) in [5, 5.41) is 0. The molecule has 0 aromatic carbocycles. The van der Waals surface area contributed by atoms with Gasteiger partial charge in [-0.05, 0) is 85.9 Å². The van der Waals surface area contributed by atoms with Gasteiger partial charge in [0.25, 0.3) is 0 Å². The summed E-state index contributed by atoms with van der Waals surface area (Å²) in [4.78, 5) is 0. The molecular formula is C27H54. The highest BCUT2D eigenvalue weighted by molar-refractivity contribution is 4.77. The highest BCUT2D eigenvalue weighted by Gasteiger charge is 2.25. The third kappa shape index (κ3) is 12.2. The Morgan fingerprint density at radius 3 is 0.963 bits per heavy atom. The molecule has 0 nitrogen and oxygen atoms in total. The molecule has 2 aliphatic carbocycles. The van der Waals surface area contributed by atoms with Crippen molar-refractivity contribution in [2.24, 2.45) is 47.3 Å². The van der Waals surface area contributed by atoms with Crippen LogP contribution in [-0.4, -0.2) is 0 Å². The standard InChI is InChI=1S/C14H28.C13H26/c1-11(2)8-13-6-5-7-14(10-13)9-12(3)4;1-10(2)7-12-5-6-13(9-12)8-11(3)4/h11-14H,5-10H2,1-4H3;10-13H,5-9H2,1-4H3. The van der Waals surface area contributed by atoms with E-state index < -0.39 is 0 Å². The van der Waals surface area contributed by atoms with Gasteiger partial charge in [-0.15, -0.1) is 0 Å². The van der Waals surface area contributed by atoms with Crippen LogP contribution in [0.2, 0.25) is 0 Å². The van der Waals surface area contributed by atoms with E-state index in [-0.39, 0.29) is 0 Å². The molecule has 27 heavy (non-hydrogen) atoms. The van der Waals surface area contributed by atoms with Gasteiger partial charge in [-0.3, -0.25) is 0 Å². The maximum Gasteiger partial charge on any atom is -0.0409 e. The average Bonchev–Trinajstić information content (AvgIpc) is 2.92. The lowest BCUT2D eigenvalue weighted by atomic mass is 9.75. The topological polar surface area (TPSA) is 0 Å². The SMILES string of the molecule is CC(C)CC1CCC(CC(C)C)C1.CC(C)CC1CCCC(CC(C)C)C1. The summed E-state index contributed by atoms with van der Waals surface area (Å²) in [5.74, 6) is 7.83. The van der Waals surface area contributed by atoms with E-state index in [1.807, 2.05) is 0 Å². The van der Waals surface area contributed by atoms with Crippen LogP contribution in [0, 0.1) is 47.3 Å². The third-order valence-electron chi connectivity index (χ3n) is 6.76. The summed E-state index contributed by atoms with van der Waals surface area (Å²) in [7, 11) is 0. The van der Waals surface area contributed by atoms with Crippen LogP contribution in [0.5, 0.6) is 0 Å². The Morgan fingerprint density at radius 2 is 0.704 bits per heavy atom. The maximum atomic E-state index is 2.37. The smallest absolute Gasteiger partial charge is 0.0409 e. The molecule has 0 spiro atoms. The highest BCUT2D eigenvalue weighted by atomic mass is 14.3. The molecule has 2 fully saturated rings. The molecule has 0 aromatic rings. The van der Waals surface area contributed by atoms with E-state index in [1.54, 1.807) is 0 Å². The minimum Gasteiger partial charge on any atom is -0.0628 e. The van der Waals surface area contributed by atoms with E-state index in [2.05, 4.69) is 55.4 Å². The van der Waals surface area contributed by atoms with Crippen LogP contribution < -0.4 is 0 Å². The molecule has 2 saturated carbocycles. The van der Waals surface area contributed by atoms with Crippen molar-refractivity contribution < 1.29 is 0 Å². The third-order valence-corrected chi connectivity index (χ3v) is 6.76. The van der Waals surface area contributed by atoms with Crippen molar-refractivity contribution in [3.8, 4) is 0 Å². The lowest BCUT2D eigenvalue weighted by Gasteiger charge is -2.31. The van der Waals surface area contributed by atoms with Crippen molar-refractivity contribution >= 4 is 0 Å². The van der Waals surface area contributed by atoms with E-state index in [0.29, 0.717) is 0 Å². The fraction of sp³-hybridized carbons (Fsp3) is 1.00. The molecule has 0 saturated heterocycles. The van der Waals surface area contributed by atoms with E-state index in [4.69, 9.17) is 0 Å². The molecule has 0 radical (unpaired) electrons. The first-order valence-corrected chi connectivity index (χ1v) is 12.7. The van der Waals surface area contributed by atoms with Crippen LogP contribution in [-0.2, 0) is 0 Å². The van der Waals surface area contributed by atoms with Crippen molar-refractivity contribution in [2.75, 3.05) is 0 Å². The molecule has 4 atom stereocenters. The van der Waals surface area contributed by atoms with Gasteiger partial charge in [0.05, 0.1) is 0 Å². The second kappa shape index (κ2) is 13.3. The Morgan fingerprint density at radius 1 is 0.444 bits per heavy atom. The molecule has 0 aromatic heterocycles. The first kappa shape index (κ1) is 25.0. The van der Waals surface area contributed by atoms with Crippen molar-refractivity contribution in [2.45, 2.75) is 126 Å². The predicted octanol–water partition coefficient (Wildman–Crippen LogP) is 9.38. The van der Waals surface area contributed by atoms with Crippen LogP contribution in [0.1, 0.15) is 126 Å². The normalized spacial score (nSPS) is 28.9. The van der Waals surface area contributed by atoms with Crippen LogP contribution in [0.25, 0.3) is 0 Å². The van der Waals surface area contributed by atoms with E-state index in [1.165, 1.54) is 70.6 Å². The van der Waals surface area contributed by atoms with Gasteiger partial charge in [-0.1, -0.05) is 87.5 Å². The quantitative estimate of drug-likeness (QED) is 0.394. The Balaban J connectivity index is 0.000000271. The van der Waals surface area contributed by atoms with Crippen molar-refractivity contribution in [3.05, 3.63) is 0 Å². The van der Waals surface area contributed by atoms with Crippen molar-refractivity contribution in [1.82, 2.24) is 0 Å². The second-order valence-electron chi connectivity index (χ2n) is 12.0. The van der Waals surface area contributed by atoms with Crippen molar-refractivity contribution in [3.63, 3.8) is 0 Å². The van der Waals surface area contributed by atoms with Crippen LogP contribution in [0.3, 0.4) is 0 Å². The molecule has 0 aliphatic heterocycles. The molecule has 4 unspecified atom stereocenters. The molecule has 2 rings (SSSR count). The summed E-state index contributed by atoms with van der Waals surface area (Å²) in [5.41, 5.74) is 0. The lowest BCUT2D eigenvalue weighted by Crippen LogP contribution is -2.18. The number of hydrogen-bond acceptors (Lipinski definition) is 0. The fourth-order valence-electron chi connectivity index (χ4n) is 6.10. The molecule has 0 heteroatoms. The molecular weight excluding hydrogens is 324 g/mol. The summed E-state index contributed by atoms with van der Waals surface area (Å²) in [6, 6.07) is 0. The van der Waals surface area contributed by atoms with Gasteiger partial charge in [-0.2, -0.15) is 0 Å². The fourth-order valence-corrected chi connectivity index (χ4v) is 6.10. The average molecular weight is 379 g/mol. The van der Waals surface area contributed by atoms with Gasteiger partial charge in [0.2, 0.25) is 0 Å². The van der Waals surface area contributed by atoms with Gasteiger partial charge in [-0.25, -0.2) is 0 Å². The Bertz CT molecular complexity index is 319. The van der Waals surface area contributed by atoms with Crippen LogP contribution >= 0.6 is 0 Å². The number of rotatable bonds is 8. The van der Waals surface area contributed by atoms with Gasteiger partial charge in [0, 0.05) is 0 Å². The minimum absolute atomic E-state index is 0.901. The predicted molar refractivity (Wildman–Crippen MR) is 124 cm³/mol. The highest BCUT2D eigenvalue weighted by Crippen LogP contribution is 2.38. The van der Waals surface area contributed by atoms with Crippen LogP contribution in [0.15, 0.2) is 0 Å². The van der Waals surface area contributed by atoms with Crippen LogP contribution in [0.4, 0.5) is 0 Å².